The number of benzene rings is 1. The molecule has 0 atom stereocenters. The van der Waals surface area contributed by atoms with E-state index in [9.17, 15) is 18.5 Å². The highest BCUT2D eigenvalue weighted by Gasteiger charge is 2.29. The summed E-state index contributed by atoms with van der Waals surface area (Å²) >= 11 is 1.71. The fourth-order valence-corrected chi connectivity index (χ4v) is 4.82. The highest BCUT2D eigenvalue weighted by molar-refractivity contribution is 7.99. The summed E-state index contributed by atoms with van der Waals surface area (Å²) in [6, 6.07) is 4.16. The first-order valence-electron chi connectivity index (χ1n) is 5.76. The minimum atomic E-state index is -3.63. The highest BCUT2D eigenvalue weighted by Crippen LogP contribution is 2.28. The van der Waals surface area contributed by atoms with Gasteiger partial charge in [0.15, 0.2) is 0 Å². The SMILES string of the molecule is Cc1c([N+](=O)[O-])cccc1S(=O)(=O)N1CCSCC1. The van der Waals surface area contributed by atoms with E-state index in [0.29, 0.717) is 13.1 Å². The number of thioether (sulfide) groups is 1. The molecule has 8 heteroatoms. The van der Waals surface area contributed by atoms with Gasteiger partial charge in [0.1, 0.15) is 0 Å². The van der Waals surface area contributed by atoms with Crippen molar-refractivity contribution in [1.82, 2.24) is 4.31 Å². The molecule has 2 rings (SSSR count). The van der Waals surface area contributed by atoms with E-state index in [1.807, 2.05) is 0 Å². The van der Waals surface area contributed by atoms with Gasteiger partial charge in [-0.15, -0.1) is 0 Å². The van der Waals surface area contributed by atoms with Gasteiger partial charge in [-0.05, 0) is 13.0 Å². The third kappa shape index (κ3) is 2.75. The van der Waals surface area contributed by atoms with Crippen LogP contribution in [0.15, 0.2) is 23.1 Å². The highest BCUT2D eigenvalue weighted by atomic mass is 32.2. The Morgan fingerprint density at radius 1 is 1.32 bits per heavy atom. The molecule has 0 N–H and O–H groups in total. The van der Waals surface area contributed by atoms with E-state index in [1.165, 1.54) is 29.4 Å². The number of nitro benzene ring substituents is 1. The zero-order chi connectivity index (χ0) is 14.0. The third-order valence-corrected chi connectivity index (χ3v) is 6.03. The Morgan fingerprint density at radius 2 is 1.95 bits per heavy atom. The van der Waals surface area contributed by atoms with Crippen molar-refractivity contribution < 1.29 is 13.3 Å². The van der Waals surface area contributed by atoms with Crippen molar-refractivity contribution in [3.63, 3.8) is 0 Å². The minimum Gasteiger partial charge on any atom is -0.258 e. The Bertz CT molecular complexity index is 595. The summed E-state index contributed by atoms with van der Waals surface area (Å²) in [5.41, 5.74) is 0.0400. The number of nitrogens with zero attached hydrogens (tertiary/aromatic N) is 2. The first-order chi connectivity index (χ1) is 8.94. The van der Waals surface area contributed by atoms with Crippen LogP contribution >= 0.6 is 11.8 Å². The predicted molar refractivity (Wildman–Crippen MR) is 73.9 cm³/mol. The summed E-state index contributed by atoms with van der Waals surface area (Å²) in [7, 11) is -3.63. The van der Waals surface area contributed by atoms with Gasteiger partial charge in [0, 0.05) is 36.2 Å². The summed E-state index contributed by atoms with van der Waals surface area (Å²) in [6.07, 6.45) is 0. The van der Waals surface area contributed by atoms with E-state index in [4.69, 9.17) is 0 Å². The lowest BCUT2D eigenvalue weighted by atomic mass is 10.2. The standard InChI is InChI=1S/C11H14N2O4S2/c1-9-10(13(14)15)3-2-4-11(9)19(16,17)12-5-7-18-8-6-12/h2-4H,5-8H2,1H3. The molecular weight excluding hydrogens is 288 g/mol. The molecule has 1 heterocycles. The molecule has 0 bridgehead atoms. The maximum atomic E-state index is 12.5. The Balaban J connectivity index is 2.46. The molecule has 0 aliphatic carbocycles. The topological polar surface area (TPSA) is 80.5 Å². The Kier molecular flexibility index (Phi) is 4.12. The molecule has 0 aromatic heterocycles. The molecule has 1 aliphatic rings. The van der Waals surface area contributed by atoms with E-state index in [0.717, 1.165) is 11.5 Å². The van der Waals surface area contributed by atoms with Crippen molar-refractivity contribution in [3.05, 3.63) is 33.9 Å². The molecule has 0 amide bonds. The van der Waals surface area contributed by atoms with E-state index in [-0.39, 0.29) is 16.1 Å². The molecule has 6 nitrogen and oxygen atoms in total. The molecule has 1 saturated heterocycles. The quantitative estimate of drug-likeness (QED) is 0.626. The van der Waals surface area contributed by atoms with Crippen molar-refractivity contribution in [2.75, 3.05) is 24.6 Å². The van der Waals surface area contributed by atoms with E-state index >= 15 is 0 Å². The molecule has 1 aromatic carbocycles. The fourth-order valence-electron chi connectivity index (χ4n) is 2.01. The molecule has 0 unspecified atom stereocenters. The van der Waals surface area contributed by atoms with Crippen LogP contribution in [0.25, 0.3) is 0 Å². The summed E-state index contributed by atoms with van der Waals surface area (Å²) in [4.78, 5) is 10.4. The number of sulfonamides is 1. The Morgan fingerprint density at radius 3 is 2.53 bits per heavy atom. The van der Waals surface area contributed by atoms with Crippen LogP contribution in [-0.2, 0) is 10.0 Å². The van der Waals surface area contributed by atoms with Crippen molar-refractivity contribution in [1.29, 1.82) is 0 Å². The molecule has 0 radical (unpaired) electrons. The lowest BCUT2D eigenvalue weighted by Crippen LogP contribution is -2.38. The van der Waals surface area contributed by atoms with Gasteiger partial charge in [-0.3, -0.25) is 10.1 Å². The molecule has 1 fully saturated rings. The predicted octanol–water partition coefficient (Wildman–Crippen LogP) is 1.64. The van der Waals surface area contributed by atoms with Gasteiger partial charge < -0.3 is 0 Å². The first kappa shape index (κ1) is 14.3. The van der Waals surface area contributed by atoms with Crippen LogP contribution in [0.4, 0.5) is 5.69 Å². The third-order valence-electron chi connectivity index (χ3n) is 3.04. The van der Waals surface area contributed by atoms with Gasteiger partial charge in [0.2, 0.25) is 10.0 Å². The monoisotopic (exact) mass is 302 g/mol. The van der Waals surface area contributed by atoms with Crippen LogP contribution in [0.5, 0.6) is 0 Å². The van der Waals surface area contributed by atoms with Crippen molar-refractivity contribution >= 4 is 27.5 Å². The smallest absolute Gasteiger partial charge is 0.258 e. The van der Waals surface area contributed by atoms with E-state index < -0.39 is 14.9 Å². The van der Waals surface area contributed by atoms with Gasteiger partial charge in [0.05, 0.1) is 9.82 Å². The van der Waals surface area contributed by atoms with Crippen molar-refractivity contribution in [2.45, 2.75) is 11.8 Å². The second-order valence-corrected chi connectivity index (χ2v) is 7.30. The molecule has 19 heavy (non-hydrogen) atoms. The summed E-state index contributed by atoms with van der Waals surface area (Å²) < 4.78 is 26.4. The molecule has 0 spiro atoms. The number of rotatable bonds is 3. The lowest BCUT2D eigenvalue weighted by Gasteiger charge is -2.26. The fraction of sp³-hybridized carbons (Fsp3) is 0.455. The maximum absolute atomic E-state index is 12.5. The van der Waals surface area contributed by atoms with Gasteiger partial charge in [0.25, 0.3) is 5.69 Å². The van der Waals surface area contributed by atoms with Crippen LogP contribution < -0.4 is 0 Å². The molecule has 0 saturated carbocycles. The summed E-state index contributed by atoms with van der Waals surface area (Å²) in [5, 5.41) is 10.9. The summed E-state index contributed by atoms with van der Waals surface area (Å²) in [5.74, 6) is 1.51. The second kappa shape index (κ2) is 5.48. The maximum Gasteiger partial charge on any atom is 0.273 e. The van der Waals surface area contributed by atoms with Gasteiger partial charge in [-0.25, -0.2) is 8.42 Å². The van der Waals surface area contributed by atoms with Crippen LogP contribution in [0, 0.1) is 17.0 Å². The minimum absolute atomic E-state index is 0.0357. The Hall–Kier alpha value is -1.12. The van der Waals surface area contributed by atoms with Gasteiger partial charge in [-0.1, -0.05) is 6.07 Å². The number of hydrogen-bond donors (Lipinski definition) is 0. The van der Waals surface area contributed by atoms with Crippen LogP contribution in [-0.4, -0.2) is 42.2 Å². The average Bonchev–Trinajstić information content (AvgIpc) is 2.39. The summed E-state index contributed by atoms with van der Waals surface area (Å²) in [6.45, 7) is 2.38. The van der Waals surface area contributed by atoms with Crippen molar-refractivity contribution in [2.24, 2.45) is 0 Å². The van der Waals surface area contributed by atoms with Crippen molar-refractivity contribution in [3.8, 4) is 0 Å². The van der Waals surface area contributed by atoms with E-state index in [2.05, 4.69) is 0 Å². The zero-order valence-corrected chi connectivity index (χ0v) is 12.0. The lowest BCUT2D eigenvalue weighted by molar-refractivity contribution is -0.385. The van der Waals surface area contributed by atoms with Gasteiger partial charge >= 0.3 is 0 Å². The van der Waals surface area contributed by atoms with Crippen LogP contribution in [0.1, 0.15) is 5.56 Å². The van der Waals surface area contributed by atoms with Crippen LogP contribution in [0.3, 0.4) is 0 Å². The number of nitro groups is 1. The largest absolute Gasteiger partial charge is 0.273 e. The molecule has 1 aromatic rings. The average molecular weight is 302 g/mol. The first-order valence-corrected chi connectivity index (χ1v) is 8.36. The zero-order valence-electron chi connectivity index (χ0n) is 10.4. The number of hydrogen-bond acceptors (Lipinski definition) is 5. The normalized spacial score (nSPS) is 17.3. The molecule has 104 valence electrons. The van der Waals surface area contributed by atoms with Crippen LogP contribution in [0.2, 0.25) is 0 Å². The van der Waals surface area contributed by atoms with Gasteiger partial charge in [-0.2, -0.15) is 16.1 Å². The van der Waals surface area contributed by atoms with E-state index in [1.54, 1.807) is 11.8 Å². The Labute approximate surface area is 116 Å². The molecular formula is C11H14N2O4S2. The second-order valence-electron chi connectivity index (χ2n) is 4.17. The molecule has 1 aliphatic heterocycles.